The molecular weight excluding hydrogens is 348 g/mol. The van der Waals surface area contributed by atoms with Crippen LogP contribution in [0.4, 0.5) is 29.2 Å². The van der Waals surface area contributed by atoms with E-state index in [0.717, 1.165) is 23.4 Å². The fraction of sp³-hybridized carbons (Fsp3) is 0.318. The summed E-state index contributed by atoms with van der Waals surface area (Å²) in [6.45, 7) is 10.5. The van der Waals surface area contributed by atoms with Crippen LogP contribution >= 0.6 is 0 Å². The maximum absolute atomic E-state index is 4.57. The summed E-state index contributed by atoms with van der Waals surface area (Å²) in [5, 5.41) is 9.95. The van der Waals surface area contributed by atoms with Crippen LogP contribution in [-0.4, -0.2) is 21.0 Å². The summed E-state index contributed by atoms with van der Waals surface area (Å²) >= 11 is 0. The first-order valence-corrected chi connectivity index (χ1v) is 9.64. The van der Waals surface area contributed by atoms with Gasteiger partial charge in [0.2, 0.25) is 17.8 Å². The molecule has 1 aromatic heterocycles. The van der Waals surface area contributed by atoms with E-state index in [4.69, 9.17) is 0 Å². The molecule has 3 N–H and O–H groups in total. The smallest absolute Gasteiger partial charge is 0.233 e. The Morgan fingerprint density at radius 3 is 2.14 bits per heavy atom. The van der Waals surface area contributed by atoms with Crippen molar-refractivity contribution in [3.63, 3.8) is 0 Å². The van der Waals surface area contributed by atoms with E-state index in [2.05, 4.69) is 83.7 Å². The first-order chi connectivity index (χ1) is 13.4. The Kier molecular flexibility index (Phi) is 6.09. The van der Waals surface area contributed by atoms with Gasteiger partial charge in [0.05, 0.1) is 0 Å². The van der Waals surface area contributed by atoms with Crippen LogP contribution in [-0.2, 0) is 0 Å². The van der Waals surface area contributed by atoms with Crippen LogP contribution in [0, 0.1) is 20.8 Å². The van der Waals surface area contributed by atoms with Crippen LogP contribution in [0.2, 0.25) is 0 Å². The third kappa shape index (κ3) is 4.97. The second-order valence-corrected chi connectivity index (χ2v) is 7.12. The molecule has 6 nitrogen and oxygen atoms in total. The van der Waals surface area contributed by atoms with Crippen molar-refractivity contribution in [2.24, 2.45) is 0 Å². The van der Waals surface area contributed by atoms with Gasteiger partial charge in [-0.1, -0.05) is 31.2 Å². The van der Waals surface area contributed by atoms with Gasteiger partial charge in [-0.3, -0.25) is 0 Å². The van der Waals surface area contributed by atoms with E-state index in [-0.39, 0.29) is 6.04 Å². The van der Waals surface area contributed by atoms with Crippen LogP contribution in [0.5, 0.6) is 0 Å². The van der Waals surface area contributed by atoms with Crippen LogP contribution in [0.1, 0.15) is 37.0 Å². The van der Waals surface area contributed by atoms with Gasteiger partial charge in [-0.2, -0.15) is 15.0 Å². The first-order valence-electron chi connectivity index (χ1n) is 9.64. The number of hydrogen-bond donors (Lipinski definition) is 3. The molecular formula is C22H28N6. The molecule has 0 bridgehead atoms. The van der Waals surface area contributed by atoms with E-state index in [0.29, 0.717) is 17.8 Å². The summed E-state index contributed by atoms with van der Waals surface area (Å²) in [6.07, 6.45) is 0.978. The predicted octanol–water partition coefficient (Wildman–Crippen LogP) is 5.49. The molecule has 1 atom stereocenters. The van der Waals surface area contributed by atoms with Gasteiger partial charge in [0.1, 0.15) is 0 Å². The van der Waals surface area contributed by atoms with E-state index in [1.165, 1.54) is 11.1 Å². The fourth-order valence-corrected chi connectivity index (χ4v) is 2.66. The van der Waals surface area contributed by atoms with Gasteiger partial charge in [-0.15, -0.1) is 0 Å². The first kappa shape index (κ1) is 19.6. The number of benzene rings is 2. The standard InChI is InChI=1S/C22H28N6/c1-6-17(5)23-20-26-21(24-18-12-11-14(2)16(4)13-18)28-22(27-20)25-19-10-8-7-9-15(19)3/h7-13,17H,6H2,1-5H3,(H3,23,24,25,26,27,28). The van der Waals surface area contributed by atoms with Gasteiger partial charge in [0, 0.05) is 17.4 Å². The molecule has 0 amide bonds. The van der Waals surface area contributed by atoms with Crippen molar-refractivity contribution < 1.29 is 0 Å². The fourth-order valence-electron chi connectivity index (χ4n) is 2.66. The highest BCUT2D eigenvalue weighted by molar-refractivity contribution is 5.62. The van der Waals surface area contributed by atoms with Gasteiger partial charge in [-0.25, -0.2) is 0 Å². The Balaban J connectivity index is 1.92. The molecule has 0 saturated carbocycles. The summed E-state index contributed by atoms with van der Waals surface area (Å²) in [4.78, 5) is 13.7. The van der Waals surface area contributed by atoms with E-state index < -0.39 is 0 Å². The van der Waals surface area contributed by atoms with Crippen molar-refractivity contribution in [1.82, 2.24) is 15.0 Å². The largest absolute Gasteiger partial charge is 0.352 e. The minimum absolute atomic E-state index is 0.267. The molecule has 0 saturated heterocycles. The SMILES string of the molecule is CCC(C)Nc1nc(Nc2ccc(C)c(C)c2)nc(Nc2ccccc2C)n1. The van der Waals surface area contributed by atoms with Crippen molar-refractivity contribution in [3.8, 4) is 0 Å². The van der Waals surface area contributed by atoms with Crippen molar-refractivity contribution in [2.45, 2.75) is 47.1 Å². The predicted molar refractivity (Wildman–Crippen MR) is 117 cm³/mol. The molecule has 3 rings (SSSR count). The number of aryl methyl sites for hydroxylation is 3. The summed E-state index contributed by atoms with van der Waals surface area (Å²) in [7, 11) is 0. The van der Waals surface area contributed by atoms with Crippen molar-refractivity contribution in [2.75, 3.05) is 16.0 Å². The maximum Gasteiger partial charge on any atom is 0.233 e. The molecule has 2 aromatic carbocycles. The third-order valence-electron chi connectivity index (χ3n) is 4.78. The second kappa shape index (κ2) is 8.69. The summed E-state index contributed by atoms with van der Waals surface area (Å²) < 4.78 is 0. The Bertz CT molecular complexity index is 954. The molecule has 3 aromatic rings. The maximum atomic E-state index is 4.57. The van der Waals surface area contributed by atoms with Gasteiger partial charge < -0.3 is 16.0 Å². The quantitative estimate of drug-likeness (QED) is 0.506. The van der Waals surface area contributed by atoms with Gasteiger partial charge >= 0.3 is 0 Å². The lowest BCUT2D eigenvalue weighted by atomic mass is 10.1. The number of nitrogens with zero attached hydrogens (tertiary/aromatic N) is 3. The summed E-state index contributed by atoms with van der Waals surface area (Å²) in [5.41, 5.74) is 5.52. The zero-order valence-corrected chi connectivity index (χ0v) is 17.2. The van der Waals surface area contributed by atoms with Crippen molar-refractivity contribution in [3.05, 3.63) is 59.2 Å². The second-order valence-electron chi connectivity index (χ2n) is 7.12. The number of nitrogens with one attached hydrogen (secondary N) is 3. The molecule has 0 aliphatic heterocycles. The molecule has 1 heterocycles. The summed E-state index contributed by atoms with van der Waals surface area (Å²) in [6, 6.07) is 14.5. The normalized spacial score (nSPS) is 11.8. The minimum Gasteiger partial charge on any atom is -0.352 e. The van der Waals surface area contributed by atoms with Gasteiger partial charge in [0.15, 0.2) is 0 Å². The average molecular weight is 377 g/mol. The molecule has 0 aliphatic rings. The number of rotatable bonds is 7. The monoisotopic (exact) mass is 376 g/mol. The Labute approximate surface area is 166 Å². The number of aromatic nitrogens is 3. The highest BCUT2D eigenvalue weighted by atomic mass is 15.3. The highest BCUT2D eigenvalue weighted by Crippen LogP contribution is 2.22. The summed E-state index contributed by atoms with van der Waals surface area (Å²) in [5.74, 6) is 1.55. The molecule has 6 heteroatoms. The molecule has 28 heavy (non-hydrogen) atoms. The lowest BCUT2D eigenvalue weighted by Gasteiger charge is -2.15. The van der Waals surface area contributed by atoms with Crippen LogP contribution in [0.25, 0.3) is 0 Å². The molecule has 1 unspecified atom stereocenters. The number of anilines is 5. The molecule has 0 fully saturated rings. The zero-order valence-electron chi connectivity index (χ0n) is 17.2. The van der Waals surface area contributed by atoms with E-state index in [9.17, 15) is 0 Å². The van der Waals surface area contributed by atoms with Crippen molar-refractivity contribution >= 4 is 29.2 Å². The van der Waals surface area contributed by atoms with Gasteiger partial charge in [-0.05, 0) is 69.0 Å². The van der Waals surface area contributed by atoms with Crippen LogP contribution in [0.3, 0.4) is 0 Å². The zero-order chi connectivity index (χ0) is 20.1. The Morgan fingerprint density at radius 2 is 1.46 bits per heavy atom. The Morgan fingerprint density at radius 1 is 0.786 bits per heavy atom. The molecule has 0 radical (unpaired) electrons. The lowest BCUT2D eigenvalue weighted by molar-refractivity contribution is 0.751. The minimum atomic E-state index is 0.267. The third-order valence-corrected chi connectivity index (χ3v) is 4.78. The lowest BCUT2D eigenvalue weighted by Crippen LogP contribution is -2.17. The highest BCUT2D eigenvalue weighted by Gasteiger charge is 2.10. The number of hydrogen-bond acceptors (Lipinski definition) is 6. The van der Waals surface area contributed by atoms with E-state index >= 15 is 0 Å². The van der Waals surface area contributed by atoms with Crippen LogP contribution in [0.15, 0.2) is 42.5 Å². The van der Waals surface area contributed by atoms with E-state index in [1.54, 1.807) is 0 Å². The topological polar surface area (TPSA) is 74.8 Å². The Hall–Kier alpha value is -3.15. The molecule has 0 aliphatic carbocycles. The van der Waals surface area contributed by atoms with E-state index in [1.807, 2.05) is 24.3 Å². The van der Waals surface area contributed by atoms with Crippen LogP contribution < -0.4 is 16.0 Å². The molecule has 146 valence electrons. The number of para-hydroxylation sites is 1. The molecule has 0 spiro atoms. The average Bonchev–Trinajstić information content (AvgIpc) is 2.66. The van der Waals surface area contributed by atoms with Crippen molar-refractivity contribution in [1.29, 1.82) is 0 Å². The van der Waals surface area contributed by atoms with Gasteiger partial charge in [0.25, 0.3) is 0 Å².